The van der Waals surface area contributed by atoms with Crippen molar-refractivity contribution in [3.05, 3.63) is 71.7 Å². The first-order valence-electron chi connectivity index (χ1n) is 9.96. The van der Waals surface area contributed by atoms with E-state index in [0.29, 0.717) is 30.8 Å². The predicted octanol–water partition coefficient (Wildman–Crippen LogP) is 4.97. The van der Waals surface area contributed by atoms with Crippen molar-refractivity contribution in [2.75, 3.05) is 11.9 Å². The van der Waals surface area contributed by atoms with Gasteiger partial charge in [-0.05, 0) is 43.2 Å². The highest BCUT2D eigenvalue weighted by atomic mass is 19.4. The molecular weight excluding hydrogens is 417 g/mol. The zero-order valence-corrected chi connectivity index (χ0v) is 17.2. The van der Waals surface area contributed by atoms with Gasteiger partial charge in [0.2, 0.25) is 11.8 Å². The third-order valence-electron chi connectivity index (χ3n) is 5.04. The van der Waals surface area contributed by atoms with E-state index >= 15 is 0 Å². The van der Waals surface area contributed by atoms with E-state index in [2.05, 4.69) is 20.3 Å². The van der Waals surface area contributed by atoms with E-state index in [0.717, 1.165) is 29.1 Å². The topological polar surface area (TPSA) is 79.4 Å². The standard InChI is InChI=1S/C23H19F3N6/c1-32-20-10-3-2-9-18(20)31-22(32)28-11-5-8-17-13-19(30-21(14-27)29-17)15-6-4-7-16(12-15)23(24,25)26/h2-4,6-7,9-10,12-13H,5,8,11H2,1H3,(H,28,31). The number of rotatable bonds is 6. The molecule has 2 aromatic carbocycles. The molecule has 0 saturated heterocycles. The third kappa shape index (κ3) is 4.54. The molecule has 0 radical (unpaired) electrons. The summed E-state index contributed by atoms with van der Waals surface area (Å²) in [5.41, 5.74) is 2.34. The van der Waals surface area contributed by atoms with Crippen molar-refractivity contribution in [2.24, 2.45) is 7.05 Å². The first kappa shape index (κ1) is 21.3. The number of aryl methyl sites for hydroxylation is 2. The molecule has 162 valence electrons. The molecule has 2 aromatic heterocycles. The van der Waals surface area contributed by atoms with Gasteiger partial charge in [-0.3, -0.25) is 0 Å². The Morgan fingerprint density at radius 3 is 2.59 bits per heavy atom. The van der Waals surface area contributed by atoms with Crippen LogP contribution in [0, 0.1) is 11.3 Å². The lowest BCUT2D eigenvalue weighted by Gasteiger charge is -2.10. The van der Waals surface area contributed by atoms with Gasteiger partial charge >= 0.3 is 6.18 Å². The maximum absolute atomic E-state index is 13.1. The minimum atomic E-state index is -4.45. The van der Waals surface area contributed by atoms with Crippen LogP contribution in [0.5, 0.6) is 0 Å². The number of halogens is 3. The Balaban J connectivity index is 1.47. The SMILES string of the molecule is Cn1c(NCCCc2cc(-c3cccc(C(F)(F)F)c3)nc(C#N)n2)nc2ccccc21. The molecule has 0 aliphatic rings. The van der Waals surface area contributed by atoms with Crippen LogP contribution in [-0.4, -0.2) is 26.1 Å². The normalized spacial score (nSPS) is 11.5. The molecule has 4 rings (SSSR count). The number of alkyl halides is 3. The maximum atomic E-state index is 13.1. The molecule has 9 heteroatoms. The van der Waals surface area contributed by atoms with Crippen molar-refractivity contribution in [3.63, 3.8) is 0 Å². The van der Waals surface area contributed by atoms with Gasteiger partial charge in [0.25, 0.3) is 0 Å². The summed E-state index contributed by atoms with van der Waals surface area (Å²) in [6.45, 7) is 0.613. The number of benzene rings is 2. The van der Waals surface area contributed by atoms with Crippen molar-refractivity contribution in [3.8, 4) is 17.3 Å². The second-order valence-corrected chi connectivity index (χ2v) is 7.27. The lowest BCUT2D eigenvalue weighted by Crippen LogP contribution is -2.08. The second kappa shape index (κ2) is 8.67. The summed E-state index contributed by atoms with van der Waals surface area (Å²) in [7, 11) is 1.93. The maximum Gasteiger partial charge on any atom is 0.416 e. The Morgan fingerprint density at radius 1 is 1.03 bits per heavy atom. The molecule has 0 saturated carbocycles. The van der Waals surface area contributed by atoms with Crippen LogP contribution in [0.2, 0.25) is 0 Å². The number of imidazole rings is 1. The fraction of sp³-hybridized carbons (Fsp3) is 0.217. The van der Waals surface area contributed by atoms with Gasteiger partial charge in [0, 0.05) is 24.8 Å². The minimum Gasteiger partial charge on any atom is -0.356 e. The molecule has 0 atom stereocenters. The molecule has 2 heterocycles. The minimum absolute atomic E-state index is 0.0711. The Bertz CT molecular complexity index is 1300. The number of hydrogen-bond donors (Lipinski definition) is 1. The highest BCUT2D eigenvalue weighted by Crippen LogP contribution is 2.32. The van der Waals surface area contributed by atoms with Crippen molar-refractivity contribution in [1.82, 2.24) is 19.5 Å². The van der Waals surface area contributed by atoms with Gasteiger partial charge in [-0.2, -0.15) is 18.4 Å². The van der Waals surface area contributed by atoms with E-state index in [1.54, 1.807) is 6.07 Å². The van der Waals surface area contributed by atoms with E-state index in [-0.39, 0.29) is 11.4 Å². The molecule has 0 amide bonds. The van der Waals surface area contributed by atoms with Gasteiger partial charge in [0.05, 0.1) is 22.3 Å². The van der Waals surface area contributed by atoms with Crippen LogP contribution in [0.25, 0.3) is 22.3 Å². The number of nitrogens with zero attached hydrogens (tertiary/aromatic N) is 5. The smallest absolute Gasteiger partial charge is 0.356 e. The number of nitrogens with one attached hydrogen (secondary N) is 1. The average Bonchev–Trinajstić information content (AvgIpc) is 3.11. The molecule has 0 unspecified atom stereocenters. The van der Waals surface area contributed by atoms with Gasteiger partial charge in [-0.25, -0.2) is 15.0 Å². The van der Waals surface area contributed by atoms with E-state index in [4.69, 9.17) is 0 Å². The van der Waals surface area contributed by atoms with Crippen LogP contribution in [0.1, 0.15) is 23.5 Å². The fourth-order valence-corrected chi connectivity index (χ4v) is 3.45. The molecule has 0 bridgehead atoms. The molecule has 32 heavy (non-hydrogen) atoms. The molecule has 0 fully saturated rings. The Hall–Kier alpha value is -3.93. The number of fused-ring (bicyclic) bond motifs is 1. The third-order valence-corrected chi connectivity index (χ3v) is 5.04. The van der Waals surface area contributed by atoms with Gasteiger partial charge in [0.1, 0.15) is 6.07 Å². The highest BCUT2D eigenvalue weighted by Gasteiger charge is 2.30. The zero-order chi connectivity index (χ0) is 22.7. The molecule has 0 spiro atoms. The van der Waals surface area contributed by atoms with Crippen molar-refractivity contribution >= 4 is 17.0 Å². The number of nitriles is 1. The van der Waals surface area contributed by atoms with Crippen LogP contribution in [0.15, 0.2) is 54.6 Å². The van der Waals surface area contributed by atoms with Crippen LogP contribution >= 0.6 is 0 Å². The summed E-state index contributed by atoms with van der Waals surface area (Å²) in [4.78, 5) is 12.8. The first-order chi connectivity index (χ1) is 15.3. The fourth-order valence-electron chi connectivity index (χ4n) is 3.45. The van der Waals surface area contributed by atoms with Crippen molar-refractivity contribution in [1.29, 1.82) is 5.26 Å². The van der Waals surface area contributed by atoms with Gasteiger partial charge < -0.3 is 9.88 Å². The summed E-state index contributed by atoms with van der Waals surface area (Å²) in [6.07, 6.45) is -3.24. The van der Waals surface area contributed by atoms with Crippen LogP contribution in [-0.2, 0) is 19.6 Å². The quantitative estimate of drug-likeness (QED) is 0.432. The van der Waals surface area contributed by atoms with Gasteiger partial charge in [-0.1, -0.05) is 24.3 Å². The monoisotopic (exact) mass is 436 g/mol. The Morgan fingerprint density at radius 2 is 1.84 bits per heavy atom. The largest absolute Gasteiger partial charge is 0.416 e. The summed E-state index contributed by atoms with van der Waals surface area (Å²) in [6, 6.07) is 16.2. The summed E-state index contributed by atoms with van der Waals surface area (Å²) >= 11 is 0. The molecule has 1 N–H and O–H groups in total. The lowest BCUT2D eigenvalue weighted by atomic mass is 10.1. The van der Waals surface area contributed by atoms with E-state index in [9.17, 15) is 18.4 Å². The van der Waals surface area contributed by atoms with Crippen LogP contribution in [0.4, 0.5) is 19.1 Å². The molecule has 0 aliphatic heterocycles. The number of aromatic nitrogens is 4. The van der Waals surface area contributed by atoms with E-state index in [1.165, 1.54) is 12.1 Å². The molecule has 0 aliphatic carbocycles. The van der Waals surface area contributed by atoms with Gasteiger partial charge in [-0.15, -0.1) is 0 Å². The highest BCUT2D eigenvalue weighted by molar-refractivity contribution is 5.78. The number of hydrogen-bond acceptors (Lipinski definition) is 5. The van der Waals surface area contributed by atoms with Crippen LogP contribution in [0.3, 0.4) is 0 Å². The Kier molecular flexibility index (Phi) is 5.77. The number of para-hydroxylation sites is 2. The van der Waals surface area contributed by atoms with Crippen molar-refractivity contribution in [2.45, 2.75) is 19.0 Å². The van der Waals surface area contributed by atoms with Gasteiger partial charge in [0.15, 0.2) is 0 Å². The first-order valence-corrected chi connectivity index (χ1v) is 9.96. The predicted molar refractivity (Wildman–Crippen MR) is 115 cm³/mol. The lowest BCUT2D eigenvalue weighted by molar-refractivity contribution is -0.137. The molecular formula is C23H19F3N6. The Labute approximate surface area is 182 Å². The number of anilines is 1. The molecule has 6 nitrogen and oxygen atoms in total. The van der Waals surface area contributed by atoms with Crippen LogP contribution < -0.4 is 5.32 Å². The molecule has 4 aromatic rings. The second-order valence-electron chi connectivity index (χ2n) is 7.27. The van der Waals surface area contributed by atoms with E-state index in [1.807, 2.05) is 41.9 Å². The van der Waals surface area contributed by atoms with Crippen molar-refractivity contribution < 1.29 is 13.2 Å². The summed E-state index contributed by atoms with van der Waals surface area (Å²) < 4.78 is 41.1. The van der Waals surface area contributed by atoms with E-state index < -0.39 is 11.7 Å². The summed E-state index contributed by atoms with van der Waals surface area (Å²) in [5.74, 6) is 0.675. The zero-order valence-electron chi connectivity index (χ0n) is 17.2. The average molecular weight is 436 g/mol. The summed E-state index contributed by atoms with van der Waals surface area (Å²) in [5, 5.41) is 12.5.